The van der Waals surface area contributed by atoms with E-state index in [-0.39, 0.29) is 5.92 Å². The first-order valence-corrected chi connectivity index (χ1v) is 5.97. The zero-order valence-electron chi connectivity index (χ0n) is 11.0. The van der Waals surface area contributed by atoms with E-state index >= 15 is 0 Å². The number of amides is 1. The van der Waals surface area contributed by atoms with Crippen molar-refractivity contribution in [3.8, 4) is 0 Å². The summed E-state index contributed by atoms with van der Waals surface area (Å²) >= 11 is 0. The second kappa shape index (κ2) is 6.58. The molecule has 1 aromatic rings. The predicted molar refractivity (Wildman–Crippen MR) is 74.3 cm³/mol. The number of hydrogen-bond acceptors (Lipinski definition) is 3. The highest BCUT2D eigenvalue weighted by Crippen LogP contribution is 2.08. The summed E-state index contributed by atoms with van der Waals surface area (Å²) < 4.78 is 0. The van der Waals surface area contributed by atoms with Crippen LogP contribution in [0.5, 0.6) is 0 Å². The molecule has 0 saturated heterocycles. The van der Waals surface area contributed by atoms with E-state index < -0.39 is 17.9 Å². The summed E-state index contributed by atoms with van der Waals surface area (Å²) in [5.74, 6) is -1.66. The normalized spacial score (nSPS) is 12.6. The Kier molecular flexibility index (Phi) is 5.11. The van der Waals surface area contributed by atoms with Gasteiger partial charge in [0.05, 0.1) is 0 Å². The van der Waals surface area contributed by atoms with Crippen molar-refractivity contribution in [3.05, 3.63) is 35.9 Å². The molecule has 0 bridgehead atoms. The molecule has 0 radical (unpaired) electrons. The van der Waals surface area contributed by atoms with Gasteiger partial charge in [0, 0.05) is 11.8 Å². The highest BCUT2D eigenvalue weighted by Gasteiger charge is 2.22. The molecule has 1 amide bonds. The third-order valence-corrected chi connectivity index (χ3v) is 2.57. The predicted octanol–water partition coefficient (Wildman–Crippen LogP) is 1.51. The van der Waals surface area contributed by atoms with Crippen LogP contribution in [0.25, 0.3) is 6.08 Å². The fourth-order valence-electron chi connectivity index (χ4n) is 1.55. The van der Waals surface area contributed by atoms with Crippen molar-refractivity contribution in [1.82, 2.24) is 5.32 Å². The first-order valence-electron chi connectivity index (χ1n) is 5.97. The van der Waals surface area contributed by atoms with Gasteiger partial charge in [-0.3, -0.25) is 4.79 Å². The summed E-state index contributed by atoms with van der Waals surface area (Å²) in [5, 5.41) is 11.4. The number of anilines is 1. The molecule has 0 heterocycles. The first kappa shape index (κ1) is 14.8. The monoisotopic (exact) mass is 262 g/mol. The fourth-order valence-corrected chi connectivity index (χ4v) is 1.55. The zero-order chi connectivity index (χ0) is 14.4. The van der Waals surface area contributed by atoms with E-state index in [9.17, 15) is 9.59 Å². The van der Waals surface area contributed by atoms with Crippen molar-refractivity contribution in [2.24, 2.45) is 5.92 Å². The van der Waals surface area contributed by atoms with Gasteiger partial charge in [-0.1, -0.05) is 26.0 Å². The van der Waals surface area contributed by atoms with Crippen LogP contribution in [-0.2, 0) is 9.59 Å². The highest BCUT2D eigenvalue weighted by molar-refractivity contribution is 5.94. The van der Waals surface area contributed by atoms with E-state index in [0.29, 0.717) is 5.69 Å². The van der Waals surface area contributed by atoms with Crippen molar-refractivity contribution >= 4 is 23.6 Å². The molecule has 0 saturated carbocycles. The van der Waals surface area contributed by atoms with E-state index in [0.717, 1.165) is 5.56 Å². The SMILES string of the molecule is CC(C)[C@H](NC(=O)/C=C/c1cccc(N)c1)C(=O)O. The maximum atomic E-state index is 11.6. The molecule has 0 aliphatic carbocycles. The summed E-state index contributed by atoms with van der Waals surface area (Å²) in [5.41, 5.74) is 7.00. The number of carbonyl (C=O) groups excluding carboxylic acids is 1. The maximum absolute atomic E-state index is 11.6. The number of carboxylic acids is 1. The lowest BCUT2D eigenvalue weighted by molar-refractivity contribution is -0.142. The molecular formula is C14H18N2O3. The Labute approximate surface area is 112 Å². The highest BCUT2D eigenvalue weighted by atomic mass is 16.4. The van der Waals surface area contributed by atoms with Crippen molar-refractivity contribution in [2.75, 3.05) is 5.73 Å². The summed E-state index contributed by atoms with van der Waals surface area (Å²) in [7, 11) is 0. The van der Waals surface area contributed by atoms with Gasteiger partial charge in [0.25, 0.3) is 0 Å². The molecule has 4 N–H and O–H groups in total. The van der Waals surface area contributed by atoms with Crippen molar-refractivity contribution < 1.29 is 14.7 Å². The van der Waals surface area contributed by atoms with Crippen LogP contribution in [0.15, 0.2) is 30.3 Å². The number of benzene rings is 1. The molecule has 1 aromatic carbocycles. The quantitative estimate of drug-likeness (QED) is 0.554. The number of aliphatic carboxylic acids is 1. The standard InChI is InChI=1S/C14H18N2O3/c1-9(2)13(14(18)19)16-12(17)7-6-10-4-3-5-11(15)8-10/h3-9,13H,15H2,1-2H3,(H,16,17)(H,18,19)/b7-6+/t13-/m0/s1. The largest absolute Gasteiger partial charge is 0.480 e. The number of nitrogens with two attached hydrogens (primary N) is 1. The van der Waals surface area contributed by atoms with Gasteiger partial charge < -0.3 is 16.2 Å². The Bertz CT molecular complexity index is 495. The Balaban J connectivity index is 2.67. The van der Waals surface area contributed by atoms with E-state index in [2.05, 4.69) is 5.32 Å². The number of carbonyl (C=O) groups is 2. The Morgan fingerprint density at radius 3 is 2.58 bits per heavy atom. The molecule has 19 heavy (non-hydrogen) atoms. The third kappa shape index (κ3) is 4.83. The Morgan fingerprint density at radius 1 is 1.37 bits per heavy atom. The van der Waals surface area contributed by atoms with Crippen LogP contribution in [0.1, 0.15) is 19.4 Å². The van der Waals surface area contributed by atoms with E-state index in [1.54, 1.807) is 44.2 Å². The molecule has 0 aromatic heterocycles. The minimum Gasteiger partial charge on any atom is -0.480 e. The van der Waals surface area contributed by atoms with Gasteiger partial charge in [-0.15, -0.1) is 0 Å². The first-order chi connectivity index (χ1) is 8.90. The molecule has 0 unspecified atom stereocenters. The molecule has 0 spiro atoms. The molecule has 102 valence electrons. The molecule has 1 atom stereocenters. The Hall–Kier alpha value is -2.30. The topological polar surface area (TPSA) is 92.4 Å². The molecule has 5 nitrogen and oxygen atoms in total. The van der Waals surface area contributed by atoms with Gasteiger partial charge in [0.1, 0.15) is 6.04 Å². The fraction of sp³-hybridized carbons (Fsp3) is 0.286. The van der Waals surface area contributed by atoms with E-state index in [1.807, 2.05) is 0 Å². The van der Waals surface area contributed by atoms with E-state index in [4.69, 9.17) is 10.8 Å². The summed E-state index contributed by atoms with van der Waals surface area (Å²) in [4.78, 5) is 22.6. The van der Waals surface area contributed by atoms with Gasteiger partial charge in [-0.25, -0.2) is 4.79 Å². The van der Waals surface area contributed by atoms with Gasteiger partial charge in [0.15, 0.2) is 0 Å². The maximum Gasteiger partial charge on any atom is 0.326 e. The van der Waals surface area contributed by atoms with Crippen LogP contribution in [0.4, 0.5) is 5.69 Å². The minimum atomic E-state index is -1.04. The van der Waals surface area contributed by atoms with Gasteiger partial charge >= 0.3 is 5.97 Å². The number of carboxylic acid groups (broad SMARTS) is 1. The number of rotatable bonds is 5. The van der Waals surface area contributed by atoms with Crippen LogP contribution in [0, 0.1) is 5.92 Å². The summed E-state index contributed by atoms with van der Waals surface area (Å²) in [6, 6.07) is 6.16. The Morgan fingerprint density at radius 2 is 2.05 bits per heavy atom. The van der Waals surface area contributed by atoms with Crippen molar-refractivity contribution in [2.45, 2.75) is 19.9 Å². The lowest BCUT2D eigenvalue weighted by atomic mass is 10.0. The smallest absolute Gasteiger partial charge is 0.326 e. The number of nitrogens with one attached hydrogen (secondary N) is 1. The molecule has 5 heteroatoms. The van der Waals surface area contributed by atoms with Crippen LogP contribution in [0.3, 0.4) is 0 Å². The average Bonchev–Trinajstić information content (AvgIpc) is 2.32. The summed E-state index contributed by atoms with van der Waals surface area (Å²) in [6.45, 7) is 3.47. The van der Waals surface area contributed by atoms with Gasteiger partial charge in [0.2, 0.25) is 5.91 Å². The second-order valence-electron chi connectivity index (χ2n) is 4.57. The zero-order valence-corrected chi connectivity index (χ0v) is 11.0. The second-order valence-corrected chi connectivity index (χ2v) is 4.57. The number of hydrogen-bond donors (Lipinski definition) is 3. The van der Waals surface area contributed by atoms with Crippen molar-refractivity contribution in [1.29, 1.82) is 0 Å². The van der Waals surface area contributed by atoms with Gasteiger partial charge in [-0.05, 0) is 29.7 Å². The molecule has 1 rings (SSSR count). The number of nitrogen functional groups attached to an aromatic ring is 1. The van der Waals surface area contributed by atoms with Crippen LogP contribution in [-0.4, -0.2) is 23.0 Å². The average molecular weight is 262 g/mol. The van der Waals surface area contributed by atoms with Crippen molar-refractivity contribution in [3.63, 3.8) is 0 Å². The van der Waals surface area contributed by atoms with E-state index in [1.165, 1.54) is 6.08 Å². The van der Waals surface area contributed by atoms with Crippen LogP contribution >= 0.6 is 0 Å². The molecule has 0 aliphatic rings. The molecule has 0 fully saturated rings. The minimum absolute atomic E-state index is 0.179. The van der Waals surface area contributed by atoms with Crippen LogP contribution in [0.2, 0.25) is 0 Å². The lowest BCUT2D eigenvalue weighted by Gasteiger charge is -2.16. The molecule has 0 aliphatic heterocycles. The summed E-state index contributed by atoms with van der Waals surface area (Å²) in [6.07, 6.45) is 2.89. The third-order valence-electron chi connectivity index (χ3n) is 2.57. The van der Waals surface area contributed by atoms with Gasteiger partial charge in [-0.2, -0.15) is 0 Å². The van der Waals surface area contributed by atoms with Crippen LogP contribution < -0.4 is 11.1 Å². The molecular weight excluding hydrogens is 244 g/mol. The lowest BCUT2D eigenvalue weighted by Crippen LogP contribution is -2.43.